The molecule has 6 nitrogen and oxygen atoms in total. The molecule has 3 aromatic rings. The molecule has 2 heterocycles. The average molecular weight is 384 g/mol. The molecule has 7 heteroatoms. The van der Waals surface area contributed by atoms with Crippen LogP contribution in [0.5, 0.6) is 0 Å². The summed E-state index contributed by atoms with van der Waals surface area (Å²) in [6.45, 7) is 5.32. The molecule has 0 spiro atoms. The van der Waals surface area contributed by atoms with Gasteiger partial charge in [0.2, 0.25) is 0 Å². The topological polar surface area (TPSA) is 73.5 Å². The van der Waals surface area contributed by atoms with Crippen LogP contribution >= 0.6 is 0 Å². The third-order valence-electron chi connectivity index (χ3n) is 4.31. The van der Waals surface area contributed by atoms with Gasteiger partial charge in [-0.2, -0.15) is 0 Å². The first kappa shape index (κ1) is 19.4. The lowest BCUT2D eigenvalue weighted by atomic mass is 10.1. The molecule has 0 aliphatic carbocycles. The molecule has 1 N–H and O–H groups in total. The van der Waals surface area contributed by atoms with E-state index in [0.717, 1.165) is 0 Å². The van der Waals surface area contributed by atoms with Gasteiger partial charge in [-0.1, -0.05) is 12.1 Å². The molecule has 28 heavy (non-hydrogen) atoms. The molecule has 0 atom stereocenters. The van der Waals surface area contributed by atoms with Gasteiger partial charge >= 0.3 is 5.97 Å². The van der Waals surface area contributed by atoms with Gasteiger partial charge in [0.1, 0.15) is 17.3 Å². The first-order chi connectivity index (χ1) is 13.3. The molecule has 0 fully saturated rings. The van der Waals surface area contributed by atoms with Gasteiger partial charge in [0, 0.05) is 18.8 Å². The number of aryl methyl sites for hydroxylation is 3. The van der Waals surface area contributed by atoms with E-state index < -0.39 is 17.7 Å². The number of hydrogen-bond donors (Lipinski definition) is 1. The van der Waals surface area contributed by atoms with E-state index in [1.807, 2.05) is 0 Å². The Morgan fingerprint density at radius 2 is 2.00 bits per heavy atom. The zero-order valence-corrected chi connectivity index (χ0v) is 16.1. The lowest BCUT2D eigenvalue weighted by Gasteiger charge is -2.10. The summed E-state index contributed by atoms with van der Waals surface area (Å²) in [6.07, 6.45) is 1.66. The zero-order chi connectivity index (χ0) is 20.4. The first-order valence-corrected chi connectivity index (χ1v) is 8.82. The number of halogens is 1. The predicted molar refractivity (Wildman–Crippen MR) is 103 cm³/mol. The van der Waals surface area contributed by atoms with Gasteiger partial charge < -0.3 is 19.0 Å². The minimum absolute atomic E-state index is 0.173. The van der Waals surface area contributed by atoms with Crippen LogP contribution in [0.25, 0.3) is 11.1 Å². The van der Waals surface area contributed by atoms with Gasteiger partial charge in [0.15, 0.2) is 5.69 Å². The second-order valence-electron chi connectivity index (χ2n) is 6.39. The van der Waals surface area contributed by atoms with Crippen molar-refractivity contribution < 1.29 is 23.1 Å². The van der Waals surface area contributed by atoms with E-state index >= 15 is 0 Å². The van der Waals surface area contributed by atoms with Crippen LogP contribution < -0.4 is 5.32 Å². The molecule has 3 rings (SSSR count). The fraction of sp³-hybridized carbons (Fsp3) is 0.238. The van der Waals surface area contributed by atoms with E-state index in [4.69, 9.17) is 9.15 Å². The van der Waals surface area contributed by atoms with Crippen molar-refractivity contribution in [1.29, 1.82) is 0 Å². The summed E-state index contributed by atoms with van der Waals surface area (Å²) in [5, 5.41) is 2.78. The first-order valence-electron chi connectivity index (χ1n) is 8.82. The Balaban J connectivity index is 2.11. The number of ether oxygens (including phenoxy) is 1. The Morgan fingerprint density at radius 3 is 2.61 bits per heavy atom. The number of anilines is 1. The molecule has 146 valence electrons. The largest absolute Gasteiger partial charge is 0.466 e. The quantitative estimate of drug-likeness (QED) is 0.659. The fourth-order valence-electron chi connectivity index (χ4n) is 3.11. The fourth-order valence-corrected chi connectivity index (χ4v) is 3.11. The smallest absolute Gasteiger partial charge is 0.357 e. The van der Waals surface area contributed by atoms with E-state index in [9.17, 15) is 14.0 Å². The van der Waals surface area contributed by atoms with Crippen molar-refractivity contribution in [3.63, 3.8) is 0 Å². The standard InChI is InChI=1S/C21H21FN2O4/c1-5-27-21(26)19-18(23-20(25)16-9-12(2)28-13(16)3)17(11-24(19)4)14-7-6-8-15(22)10-14/h6-11H,5H2,1-4H3,(H,23,25). The van der Waals surface area contributed by atoms with Crippen LogP contribution in [0.1, 0.15) is 39.3 Å². The summed E-state index contributed by atoms with van der Waals surface area (Å²) in [5.41, 5.74) is 1.83. The van der Waals surface area contributed by atoms with E-state index in [0.29, 0.717) is 28.2 Å². The number of nitrogens with zero attached hydrogens (tertiary/aromatic N) is 1. The Kier molecular flexibility index (Phi) is 5.35. The lowest BCUT2D eigenvalue weighted by Crippen LogP contribution is -2.17. The number of rotatable bonds is 5. The molecule has 0 unspecified atom stereocenters. The van der Waals surface area contributed by atoms with Gasteiger partial charge in [0.25, 0.3) is 5.91 Å². The van der Waals surface area contributed by atoms with Crippen LogP contribution in [-0.4, -0.2) is 23.1 Å². The van der Waals surface area contributed by atoms with Crippen molar-refractivity contribution in [1.82, 2.24) is 4.57 Å². The maximum absolute atomic E-state index is 13.8. The van der Waals surface area contributed by atoms with E-state index in [1.165, 1.54) is 12.1 Å². The molecular weight excluding hydrogens is 363 g/mol. The summed E-state index contributed by atoms with van der Waals surface area (Å²) in [5.74, 6) is -0.355. The highest BCUT2D eigenvalue weighted by molar-refractivity contribution is 6.11. The summed E-state index contributed by atoms with van der Waals surface area (Å²) in [4.78, 5) is 25.3. The molecule has 0 radical (unpaired) electrons. The Hall–Kier alpha value is -3.35. The van der Waals surface area contributed by atoms with Crippen molar-refractivity contribution in [3.8, 4) is 11.1 Å². The number of carbonyl (C=O) groups excluding carboxylic acids is 2. The van der Waals surface area contributed by atoms with Crippen molar-refractivity contribution in [3.05, 3.63) is 65.1 Å². The van der Waals surface area contributed by atoms with E-state index in [-0.39, 0.29) is 18.0 Å². The molecule has 1 aromatic carbocycles. The Bertz CT molecular complexity index is 1050. The van der Waals surface area contributed by atoms with Crippen LogP contribution in [0.15, 0.2) is 40.9 Å². The number of esters is 1. The van der Waals surface area contributed by atoms with Crippen molar-refractivity contribution >= 4 is 17.6 Å². The molecule has 0 aliphatic rings. The highest BCUT2D eigenvalue weighted by Crippen LogP contribution is 2.34. The van der Waals surface area contributed by atoms with Gasteiger partial charge in [-0.3, -0.25) is 4.79 Å². The summed E-state index contributed by atoms with van der Waals surface area (Å²) in [7, 11) is 1.66. The van der Waals surface area contributed by atoms with Gasteiger partial charge in [-0.15, -0.1) is 0 Å². The molecular formula is C21H21FN2O4. The summed E-state index contributed by atoms with van der Waals surface area (Å²) in [6, 6.07) is 7.56. The van der Waals surface area contributed by atoms with Crippen molar-refractivity contribution in [2.24, 2.45) is 7.05 Å². The number of hydrogen-bond acceptors (Lipinski definition) is 4. The number of amides is 1. The molecule has 0 saturated carbocycles. The lowest BCUT2D eigenvalue weighted by molar-refractivity contribution is 0.0516. The monoisotopic (exact) mass is 384 g/mol. The highest BCUT2D eigenvalue weighted by atomic mass is 19.1. The van der Waals surface area contributed by atoms with E-state index in [1.54, 1.807) is 56.8 Å². The second kappa shape index (κ2) is 7.72. The predicted octanol–water partition coefficient (Wildman–Crippen LogP) is 4.47. The van der Waals surface area contributed by atoms with Crippen molar-refractivity contribution in [2.75, 3.05) is 11.9 Å². The second-order valence-corrected chi connectivity index (χ2v) is 6.39. The van der Waals surface area contributed by atoms with Gasteiger partial charge in [0.05, 0.1) is 17.9 Å². The number of furan rings is 1. The van der Waals surface area contributed by atoms with Gasteiger partial charge in [-0.05, 0) is 44.5 Å². The zero-order valence-electron chi connectivity index (χ0n) is 16.1. The maximum Gasteiger partial charge on any atom is 0.357 e. The number of nitrogens with one attached hydrogen (secondary N) is 1. The summed E-state index contributed by atoms with van der Waals surface area (Å²) >= 11 is 0. The highest BCUT2D eigenvalue weighted by Gasteiger charge is 2.25. The molecule has 0 bridgehead atoms. The third kappa shape index (κ3) is 3.69. The summed E-state index contributed by atoms with van der Waals surface area (Å²) < 4.78 is 25.9. The van der Waals surface area contributed by atoms with Crippen molar-refractivity contribution in [2.45, 2.75) is 20.8 Å². The van der Waals surface area contributed by atoms with E-state index in [2.05, 4.69) is 5.32 Å². The van der Waals surface area contributed by atoms with Crippen LogP contribution in [0.3, 0.4) is 0 Å². The Labute approximate surface area is 161 Å². The SMILES string of the molecule is CCOC(=O)c1c(NC(=O)c2cc(C)oc2C)c(-c2cccc(F)c2)cn1C. The normalized spacial score (nSPS) is 10.8. The molecule has 1 amide bonds. The minimum atomic E-state index is -0.581. The number of aromatic nitrogens is 1. The number of benzene rings is 1. The minimum Gasteiger partial charge on any atom is -0.466 e. The molecule has 2 aromatic heterocycles. The average Bonchev–Trinajstić information content (AvgIpc) is 3.14. The maximum atomic E-state index is 13.8. The Morgan fingerprint density at radius 1 is 1.25 bits per heavy atom. The third-order valence-corrected chi connectivity index (χ3v) is 4.31. The van der Waals surface area contributed by atoms with Crippen LogP contribution in [0, 0.1) is 19.7 Å². The molecule has 0 saturated heterocycles. The van der Waals surface area contributed by atoms with Gasteiger partial charge in [-0.25, -0.2) is 9.18 Å². The molecule has 0 aliphatic heterocycles. The number of carbonyl (C=O) groups is 2. The van der Waals surface area contributed by atoms with Crippen LogP contribution in [-0.2, 0) is 11.8 Å². The van der Waals surface area contributed by atoms with Crippen LogP contribution in [0.4, 0.5) is 10.1 Å². The van der Waals surface area contributed by atoms with Crippen LogP contribution in [0.2, 0.25) is 0 Å².